The molecule has 4 aromatic rings. The molecule has 0 aliphatic rings. The molecule has 1 amide bonds. The lowest BCUT2D eigenvalue weighted by atomic mass is 10.0. The number of fused-ring (bicyclic) bond motifs is 1. The molecule has 0 radical (unpaired) electrons. The highest BCUT2D eigenvalue weighted by atomic mass is 32.1. The molecule has 0 unspecified atom stereocenters. The van der Waals surface area contributed by atoms with Gasteiger partial charge in [0.25, 0.3) is 0 Å². The number of aryl methyl sites for hydroxylation is 3. The van der Waals surface area contributed by atoms with Crippen molar-refractivity contribution in [3.8, 4) is 11.1 Å². The van der Waals surface area contributed by atoms with Crippen molar-refractivity contribution in [1.82, 2.24) is 9.97 Å². The molecule has 0 aliphatic carbocycles. The number of carbonyl (C=O) groups excluding carboxylic acids is 1. The zero-order valence-electron chi connectivity index (χ0n) is 17.3. The minimum absolute atomic E-state index is 0.0220. The predicted molar refractivity (Wildman–Crippen MR) is 125 cm³/mol. The number of nitrogens with zero attached hydrogens (tertiary/aromatic N) is 2. The molecular weight excluding hydrogens is 392 g/mol. The second-order valence-electron chi connectivity index (χ2n) is 7.35. The van der Waals surface area contributed by atoms with Crippen molar-refractivity contribution in [3.63, 3.8) is 0 Å². The molecule has 0 aliphatic heterocycles. The van der Waals surface area contributed by atoms with Crippen LogP contribution in [0.1, 0.15) is 22.4 Å². The van der Waals surface area contributed by atoms with Gasteiger partial charge in [0.1, 0.15) is 17.0 Å². The highest BCUT2D eigenvalue weighted by Gasteiger charge is 2.16. The number of benzene rings is 2. The van der Waals surface area contributed by atoms with Crippen LogP contribution >= 0.6 is 11.3 Å². The van der Waals surface area contributed by atoms with Gasteiger partial charge in [-0.3, -0.25) is 4.79 Å². The zero-order valence-corrected chi connectivity index (χ0v) is 18.1. The molecule has 2 N–H and O–H groups in total. The number of anilines is 2. The average molecular weight is 417 g/mol. The van der Waals surface area contributed by atoms with Gasteiger partial charge in [-0.25, -0.2) is 9.97 Å². The number of aromatic nitrogens is 2. The van der Waals surface area contributed by atoms with Gasteiger partial charge in [-0.1, -0.05) is 42.5 Å². The Bertz CT molecular complexity index is 1200. The topological polar surface area (TPSA) is 66.9 Å². The maximum Gasteiger partial charge on any atom is 0.226 e. The van der Waals surface area contributed by atoms with E-state index in [4.69, 9.17) is 0 Å². The summed E-state index contributed by atoms with van der Waals surface area (Å²) in [6.45, 7) is 6.61. The number of nitrogens with one attached hydrogen (secondary N) is 2. The maximum atomic E-state index is 12.4. The Balaban J connectivity index is 1.51. The van der Waals surface area contributed by atoms with Crippen LogP contribution in [0, 0.1) is 20.8 Å². The predicted octanol–water partition coefficient (Wildman–Crippen LogP) is 5.72. The quantitative estimate of drug-likeness (QED) is 0.422. The van der Waals surface area contributed by atoms with Gasteiger partial charge in [0.05, 0.1) is 5.39 Å². The summed E-state index contributed by atoms with van der Waals surface area (Å²) in [6, 6.07) is 16.3. The zero-order chi connectivity index (χ0) is 21.1. The van der Waals surface area contributed by atoms with Gasteiger partial charge >= 0.3 is 0 Å². The molecule has 2 heterocycles. The number of hydrogen-bond donors (Lipinski definition) is 2. The van der Waals surface area contributed by atoms with Crippen LogP contribution in [0.2, 0.25) is 0 Å². The number of amides is 1. The Labute approximate surface area is 180 Å². The first-order chi connectivity index (χ1) is 14.5. The highest BCUT2D eigenvalue weighted by molar-refractivity contribution is 7.19. The van der Waals surface area contributed by atoms with Crippen molar-refractivity contribution in [1.29, 1.82) is 0 Å². The van der Waals surface area contributed by atoms with Crippen LogP contribution in [0.15, 0.2) is 54.9 Å². The van der Waals surface area contributed by atoms with Gasteiger partial charge < -0.3 is 10.6 Å². The van der Waals surface area contributed by atoms with Crippen molar-refractivity contribution >= 4 is 39.0 Å². The summed E-state index contributed by atoms with van der Waals surface area (Å²) >= 11 is 1.66. The first-order valence-electron chi connectivity index (χ1n) is 9.93. The second kappa shape index (κ2) is 8.63. The molecular formula is C24H24N4OS. The number of carbonyl (C=O) groups is 1. The fourth-order valence-electron chi connectivity index (χ4n) is 3.51. The van der Waals surface area contributed by atoms with Crippen LogP contribution in [0.5, 0.6) is 0 Å². The molecule has 5 nitrogen and oxygen atoms in total. The van der Waals surface area contributed by atoms with E-state index in [1.165, 1.54) is 4.88 Å². The molecule has 152 valence electrons. The minimum Gasteiger partial charge on any atom is -0.369 e. The van der Waals surface area contributed by atoms with Crippen molar-refractivity contribution in [2.24, 2.45) is 0 Å². The van der Waals surface area contributed by atoms with Gasteiger partial charge in [-0.15, -0.1) is 11.3 Å². The summed E-state index contributed by atoms with van der Waals surface area (Å²) < 4.78 is 0. The Morgan fingerprint density at radius 1 is 1.03 bits per heavy atom. The van der Waals surface area contributed by atoms with Crippen molar-refractivity contribution < 1.29 is 4.79 Å². The molecule has 0 spiro atoms. The van der Waals surface area contributed by atoms with E-state index in [-0.39, 0.29) is 5.91 Å². The smallest absolute Gasteiger partial charge is 0.226 e. The van der Waals surface area contributed by atoms with E-state index in [9.17, 15) is 4.79 Å². The SMILES string of the molecule is Cc1ccc(C)c(NC(=O)CCNc2ncnc3sc(C)c(-c4ccccc4)c23)c1. The third-order valence-corrected chi connectivity index (χ3v) is 6.05. The van der Waals surface area contributed by atoms with Gasteiger partial charge in [0, 0.05) is 29.1 Å². The van der Waals surface area contributed by atoms with Crippen molar-refractivity contribution in [3.05, 3.63) is 70.9 Å². The normalized spacial score (nSPS) is 10.9. The number of rotatable bonds is 6. The summed E-state index contributed by atoms with van der Waals surface area (Å²) in [5.74, 6) is 0.744. The molecule has 0 fully saturated rings. The van der Waals surface area contributed by atoms with Gasteiger partial charge in [-0.2, -0.15) is 0 Å². The van der Waals surface area contributed by atoms with Crippen LogP contribution in [-0.2, 0) is 4.79 Å². The van der Waals surface area contributed by atoms with Crippen molar-refractivity contribution in [2.75, 3.05) is 17.2 Å². The van der Waals surface area contributed by atoms with Crippen LogP contribution in [0.4, 0.5) is 11.5 Å². The summed E-state index contributed by atoms with van der Waals surface area (Å²) in [5, 5.41) is 7.37. The summed E-state index contributed by atoms with van der Waals surface area (Å²) in [5.41, 5.74) is 5.34. The Morgan fingerprint density at radius 3 is 2.63 bits per heavy atom. The first kappa shape index (κ1) is 20.0. The number of hydrogen-bond acceptors (Lipinski definition) is 5. The third-order valence-electron chi connectivity index (χ3n) is 5.04. The maximum absolute atomic E-state index is 12.4. The molecule has 0 atom stereocenters. The van der Waals surface area contributed by atoms with E-state index in [1.54, 1.807) is 17.7 Å². The van der Waals surface area contributed by atoms with E-state index in [0.29, 0.717) is 13.0 Å². The minimum atomic E-state index is -0.0220. The van der Waals surface area contributed by atoms with E-state index < -0.39 is 0 Å². The van der Waals surface area contributed by atoms with Crippen LogP contribution < -0.4 is 10.6 Å². The van der Waals surface area contributed by atoms with E-state index >= 15 is 0 Å². The molecule has 4 rings (SSSR count). The second-order valence-corrected chi connectivity index (χ2v) is 8.55. The molecule has 2 aromatic carbocycles. The molecule has 6 heteroatoms. The van der Waals surface area contributed by atoms with E-state index in [0.717, 1.165) is 44.0 Å². The molecule has 0 saturated carbocycles. The lowest BCUT2D eigenvalue weighted by Gasteiger charge is -2.11. The fraction of sp³-hybridized carbons (Fsp3) is 0.208. The first-order valence-corrected chi connectivity index (χ1v) is 10.7. The third kappa shape index (κ3) is 4.19. The molecule has 0 bridgehead atoms. The Kier molecular flexibility index (Phi) is 5.77. The van der Waals surface area contributed by atoms with E-state index in [1.807, 2.05) is 50.2 Å². The van der Waals surface area contributed by atoms with Gasteiger partial charge in [0.15, 0.2) is 0 Å². The lowest BCUT2D eigenvalue weighted by molar-refractivity contribution is -0.115. The standard InChI is InChI=1S/C24H24N4OS/c1-15-9-10-16(2)19(13-15)28-20(29)11-12-25-23-22-21(18-7-5-4-6-8-18)17(3)30-24(22)27-14-26-23/h4-10,13-14H,11-12H2,1-3H3,(H,28,29)(H,25,26,27). The Hall–Kier alpha value is -3.25. The molecule has 0 saturated heterocycles. The average Bonchev–Trinajstić information content (AvgIpc) is 3.08. The number of thiophene rings is 1. The monoisotopic (exact) mass is 416 g/mol. The summed E-state index contributed by atoms with van der Waals surface area (Å²) in [4.78, 5) is 23.5. The molecule has 2 aromatic heterocycles. The highest BCUT2D eigenvalue weighted by Crippen LogP contribution is 2.40. The van der Waals surface area contributed by atoms with Crippen molar-refractivity contribution in [2.45, 2.75) is 27.2 Å². The van der Waals surface area contributed by atoms with Gasteiger partial charge in [-0.05, 0) is 43.5 Å². The summed E-state index contributed by atoms with van der Waals surface area (Å²) in [6.07, 6.45) is 1.92. The lowest BCUT2D eigenvalue weighted by Crippen LogP contribution is -2.17. The fourth-order valence-corrected chi connectivity index (χ4v) is 4.52. The Morgan fingerprint density at radius 2 is 1.83 bits per heavy atom. The summed E-state index contributed by atoms with van der Waals surface area (Å²) in [7, 11) is 0. The van der Waals surface area contributed by atoms with E-state index in [2.05, 4.69) is 39.7 Å². The van der Waals surface area contributed by atoms with Crippen LogP contribution in [0.3, 0.4) is 0 Å². The van der Waals surface area contributed by atoms with Crippen LogP contribution in [0.25, 0.3) is 21.3 Å². The van der Waals surface area contributed by atoms with Crippen LogP contribution in [-0.4, -0.2) is 22.4 Å². The molecule has 30 heavy (non-hydrogen) atoms. The van der Waals surface area contributed by atoms with Gasteiger partial charge in [0.2, 0.25) is 5.91 Å². The largest absolute Gasteiger partial charge is 0.369 e.